The van der Waals surface area contributed by atoms with E-state index < -0.39 is 30.0 Å². The van der Waals surface area contributed by atoms with Crippen molar-refractivity contribution in [2.75, 3.05) is 54.2 Å². The summed E-state index contributed by atoms with van der Waals surface area (Å²) in [6.45, 7) is 0.820. The van der Waals surface area contributed by atoms with E-state index in [4.69, 9.17) is 49.5 Å². The van der Waals surface area contributed by atoms with Crippen molar-refractivity contribution in [2.24, 2.45) is 0 Å². The highest BCUT2D eigenvalue weighted by Gasteiger charge is 2.35. The molecule has 2 amide bonds. The van der Waals surface area contributed by atoms with Crippen LogP contribution in [0.1, 0.15) is 49.6 Å². The molecule has 12 nitrogen and oxygen atoms in total. The number of benzene rings is 4. The number of imide groups is 1. The number of hydrogen-bond donors (Lipinski definition) is 1. The van der Waals surface area contributed by atoms with Crippen LogP contribution in [0.25, 0.3) is 0 Å². The van der Waals surface area contributed by atoms with Gasteiger partial charge >= 0.3 is 5.97 Å². The predicted molar refractivity (Wildman–Crippen MR) is 181 cm³/mol. The number of rotatable bonds is 19. The summed E-state index contributed by atoms with van der Waals surface area (Å²) in [5, 5.41) is 2.32. The Balaban J connectivity index is 1.54. The molecule has 0 radical (unpaired) electrons. The van der Waals surface area contributed by atoms with Crippen molar-refractivity contribution in [1.29, 1.82) is 0 Å². The van der Waals surface area contributed by atoms with Crippen molar-refractivity contribution in [3.63, 3.8) is 0 Å². The number of amides is 2. The van der Waals surface area contributed by atoms with Gasteiger partial charge in [-0.2, -0.15) is 0 Å². The largest absolute Gasteiger partial charge is 0.473 e. The Morgan fingerprint density at radius 1 is 0.700 bits per heavy atom. The van der Waals surface area contributed by atoms with Crippen LogP contribution in [0.4, 0.5) is 0 Å². The molecule has 0 fully saturated rings. The molecule has 262 valence electrons. The number of ether oxygens (including phenoxy) is 8. The Morgan fingerprint density at radius 3 is 1.94 bits per heavy atom. The summed E-state index contributed by atoms with van der Waals surface area (Å²) in [6, 6.07) is 25.9. The first kappa shape index (κ1) is 36.3. The Morgan fingerprint density at radius 2 is 1.32 bits per heavy atom. The van der Waals surface area contributed by atoms with Gasteiger partial charge in [0, 0.05) is 19.8 Å². The second-order valence-electron chi connectivity index (χ2n) is 10.8. The molecule has 4 aromatic carbocycles. The zero-order chi connectivity index (χ0) is 35.3. The molecule has 0 aromatic heterocycles. The molecule has 1 aliphatic rings. The monoisotopic (exact) mass is 705 g/mol. The molecule has 1 aliphatic heterocycles. The normalized spacial score (nSPS) is 12.7. The van der Waals surface area contributed by atoms with E-state index in [1.54, 1.807) is 20.3 Å². The van der Waals surface area contributed by atoms with Gasteiger partial charge in [-0.3, -0.25) is 14.9 Å². The van der Waals surface area contributed by atoms with Crippen LogP contribution in [0.5, 0.6) is 17.2 Å². The van der Waals surface area contributed by atoms with Gasteiger partial charge in [-0.25, -0.2) is 4.79 Å². The van der Waals surface area contributed by atoms with Crippen LogP contribution >= 0.6 is 11.6 Å². The van der Waals surface area contributed by atoms with Crippen molar-refractivity contribution in [1.82, 2.24) is 5.32 Å². The molecule has 5 rings (SSSR count). The molecule has 0 saturated heterocycles. The molecule has 0 saturated carbocycles. The molecule has 13 heteroatoms. The molecule has 0 spiro atoms. The third kappa shape index (κ3) is 9.17. The molecular weight excluding hydrogens is 670 g/mol. The van der Waals surface area contributed by atoms with E-state index in [1.807, 2.05) is 60.7 Å². The number of carbonyl (C=O) groups excluding carboxylic acids is 3. The minimum atomic E-state index is -1.51. The fourth-order valence-electron chi connectivity index (χ4n) is 5.02. The van der Waals surface area contributed by atoms with Crippen LogP contribution in [0.3, 0.4) is 0 Å². The Hall–Kier alpha value is -4.98. The van der Waals surface area contributed by atoms with Gasteiger partial charge in [0.1, 0.15) is 5.75 Å². The molecule has 50 heavy (non-hydrogen) atoms. The average molecular weight is 706 g/mol. The lowest BCUT2D eigenvalue weighted by Gasteiger charge is -2.25. The first-order valence-electron chi connectivity index (χ1n) is 15.6. The first-order chi connectivity index (χ1) is 24.4. The highest BCUT2D eigenvalue weighted by Crippen LogP contribution is 2.41. The van der Waals surface area contributed by atoms with Crippen molar-refractivity contribution < 1.29 is 52.3 Å². The first-order valence-corrected chi connectivity index (χ1v) is 16.0. The van der Waals surface area contributed by atoms with E-state index >= 15 is 0 Å². The smallest absolute Gasteiger partial charge is 0.353 e. The zero-order valence-electron chi connectivity index (χ0n) is 27.4. The number of esters is 1. The predicted octanol–water partition coefficient (Wildman–Crippen LogP) is 5.68. The van der Waals surface area contributed by atoms with Gasteiger partial charge in [0.15, 0.2) is 31.2 Å². The van der Waals surface area contributed by atoms with Gasteiger partial charge in [0.25, 0.3) is 11.8 Å². The maximum Gasteiger partial charge on any atom is 0.353 e. The van der Waals surface area contributed by atoms with E-state index in [2.05, 4.69) is 5.32 Å². The highest BCUT2D eigenvalue weighted by atomic mass is 35.5. The third-order valence-corrected chi connectivity index (χ3v) is 7.69. The summed E-state index contributed by atoms with van der Waals surface area (Å²) >= 11 is 6.76. The van der Waals surface area contributed by atoms with Crippen molar-refractivity contribution in [3.05, 3.63) is 124 Å². The van der Waals surface area contributed by atoms with Gasteiger partial charge in [0.05, 0.1) is 42.6 Å². The Labute approximate surface area is 294 Å². The number of carbonyl (C=O) groups is 3. The van der Waals surface area contributed by atoms with E-state index in [-0.39, 0.29) is 65.8 Å². The van der Waals surface area contributed by atoms with Gasteiger partial charge in [-0.05, 0) is 35.4 Å². The lowest BCUT2D eigenvalue weighted by Crippen LogP contribution is -2.25. The number of nitrogens with one attached hydrogen (secondary N) is 1. The van der Waals surface area contributed by atoms with Crippen molar-refractivity contribution in [3.8, 4) is 17.2 Å². The minimum Gasteiger partial charge on any atom is -0.473 e. The van der Waals surface area contributed by atoms with Crippen LogP contribution in [0, 0.1) is 0 Å². The average Bonchev–Trinajstić information content (AvgIpc) is 3.43. The van der Waals surface area contributed by atoms with Crippen LogP contribution in [0.15, 0.2) is 91.0 Å². The number of methoxy groups -OCH3 is 2. The van der Waals surface area contributed by atoms with Crippen LogP contribution < -0.4 is 19.5 Å². The third-order valence-electron chi connectivity index (χ3n) is 7.41. The summed E-state index contributed by atoms with van der Waals surface area (Å²) in [5.41, 5.74) is 1.72. The molecule has 0 bridgehead atoms. The lowest BCUT2D eigenvalue weighted by atomic mass is 10.0. The Kier molecular flexibility index (Phi) is 13.2. The molecule has 1 unspecified atom stereocenters. The lowest BCUT2D eigenvalue weighted by molar-refractivity contribution is -0.156. The molecule has 1 N–H and O–H groups in total. The molecule has 1 atom stereocenters. The van der Waals surface area contributed by atoms with E-state index in [1.165, 1.54) is 24.3 Å². The number of fused-ring (bicyclic) bond motifs is 1. The topological polar surface area (TPSA) is 137 Å². The molecule has 1 heterocycles. The fourth-order valence-corrected chi connectivity index (χ4v) is 5.30. The summed E-state index contributed by atoms with van der Waals surface area (Å²) in [7, 11) is 3.10. The highest BCUT2D eigenvalue weighted by molar-refractivity contribution is 6.32. The van der Waals surface area contributed by atoms with Gasteiger partial charge in [-0.15, -0.1) is 0 Å². The number of hydrogen-bond acceptors (Lipinski definition) is 11. The van der Waals surface area contributed by atoms with Gasteiger partial charge < -0.3 is 37.9 Å². The second-order valence-corrected chi connectivity index (χ2v) is 11.2. The standard InChI is InChI=1S/C37H36ClNO11/c1-43-16-18-45-22-47-30-21-26(20-28(38)34(30)48-23-46-19-17-44-2)33(49-29-15-9-14-27-31(29)36(41)39-35(27)40)37(42)50-32(24-10-5-3-6-11-24)25-12-7-4-8-13-25/h3-15,20-21,32-33H,16-19,22-23H2,1-2H3,(H,39,40,41). The second kappa shape index (κ2) is 18.1. The fraction of sp³-hybridized carbons (Fsp3) is 0.270. The Bertz CT molecular complexity index is 1710. The molecule has 0 aliphatic carbocycles. The van der Waals surface area contributed by atoms with E-state index in [0.717, 1.165) is 0 Å². The van der Waals surface area contributed by atoms with Crippen LogP contribution in [0.2, 0.25) is 5.02 Å². The summed E-state index contributed by atoms with van der Waals surface area (Å²) < 4.78 is 45.2. The van der Waals surface area contributed by atoms with E-state index in [0.29, 0.717) is 24.3 Å². The van der Waals surface area contributed by atoms with Gasteiger partial charge in [-0.1, -0.05) is 78.3 Å². The van der Waals surface area contributed by atoms with Gasteiger partial charge in [0.2, 0.25) is 6.10 Å². The summed E-state index contributed by atoms with van der Waals surface area (Å²) in [5.74, 6) is -1.85. The maximum atomic E-state index is 14.4. The maximum absolute atomic E-state index is 14.4. The molecular formula is C37H36ClNO11. The van der Waals surface area contributed by atoms with E-state index in [9.17, 15) is 14.4 Å². The number of halogens is 1. The summed E-state index contributed by atoms with van der Waals surface area (Å²) in [4.78, 5) is 39.6. The quantitative estimate of drug-likeness (QED) is 0.0559. The van der Waals surface area contributed by atoms with Crippen molar-refractivity contribution in [2.45, 2.75) is 12.2 Å². The zero-order valence-corrected chi connectivity index (χ0v) is 28.2. The minimum absolute atomic E-state index is 0.0137. The van der Waals surface area contributed by atoms with Crippen LogP contribution in [-0.2, 0) is 28.5 Å². The van der Waals surface area contributed by atoms with Crippen molar-refractivity contribution >= 4 is 29.4 Å². The SMILES string of the molecule is COCCOCOc1cc(C(Oc2cccc3c2C(=O)NC3=O)C(=O)OC(c2ccccc2)c2ccccc2)cc(Cl)c1OCOCCOC. The molecule has 4 aromatic rings. The summed E-state index contributed by atoms with van der Waals surface area (Å²) in [6.07, 6.45) is -2.34. The van der Waals surface area contributed by atoms with Crippen LogP contribution in [-0.4, -0.2) is 72.0 Å².